The Morgan fingerprint density at radius 3 is 2.45 bits per heavy atom. The van der Waals surface area contributed by atoms with Crippen LogP contribution < -0.4 is 14.8 Å². The first-order chi connectivity index (χ1) is 14.9. The Kier molecular flexibility index (Phi) is 9.86. The fraction of sp³-hybridized carbons (Fsp3) is 0.400. The molecule has 0 aliphatic rings. The quantitative estimate of drug-likeness (QED) is 0.522. The van der Waals surface area contributed by atoms with Crippen molar-refractivity contribution in [2.75, 3.05) is 20.3 Å². The minimum absolute atomic E-state index is 0.0499. The Hall–Kier alpha value is -3.04. The fourth-order valence-corrected chi connectivity index (χ4v) is 3.05. The van der Waals surface area contributed by atoms with Gasteiger partial charge in [-0.05, 0) is 68.5 Å². The molecule has 2 aromatic carbocycles. The zero-order chi connectivity index (χ0) is 22.6. The van der Waals surface area contributed by atoms with E-state index in [2.05, 4.69) is 11.2 Å². The van der Waals surface area contributed by atoms with E-state index in [0.717, 1.165) is 11.1 Å². The lowest BCUT2D eigenvalue weighted by molar-refractivity contribution is -0.132. The lowest BCUT2D eigenvalue weighted by Crippen LogP contribution is -2.38. The van der Waals surface area contributed by atoms with Crippen LogP contribution in [-0.2, 0) is 22.4 Å². The largest absolute Gasteiger partial charge is 0.493 e. The van der Waals surface area contributed by atoms with Crippen molar-refractivity contribution in [3.05, 3.63) is 59.4 Å². The molecule has 2 rings (SSSR count). The van der Waals surface area contributed by atoms with E-state index < -0.39 is 6.10 Å². The molecule has 0 aliphatic heterocycles. The van der Waals surface area contributed by atoms with Crippen molar-refractivity contribution in [2.24, 2.45) is 0 Å². The maximum absolute atomic E-state index is 13.1. The van der Waals surface area contributed by atoms with E-state index in [1.807, 2.05) is 32.0 Å². The lowest BCUT2D eigenvalue weighted by atomic mass is 10.1. The molecule has 1 N–H and O–H groups in total. The van der Waals surface area contributed by atoms with Crippen molar-refractivity contribution < 1.29 is 23.4 Å². The summed E-state index contributed by atoms with van der Waals surface area (Å²) in [5.41, 5.74) is 1.94. The van der Waals surface area contributed by atoms with E-state index >= 15 is 0 Å². The summed E-state index contributed by atoms with van der Waals surface area (Å²) in [4.78, 5) is 12.6. The van der Waals surface area contributed by atoms with Crippen LogP contribution in [0, 0.1) is 18.2 Å². The highest BCUT2D eigenvalue weighted by Gasteiger charge is 2.18. The predicted molar refractivity (Wildman–Crippen MR) is 119 cm³/mol. The number of carbonyl (C=O) groups excluding carboxylic acids is 1. The first kappa shape index (κ1) is 24.2. The molecule has 0 radical (unpaired) electrons. The summed E-state index contributed by atoms with van der Waals surface area (Å²) in [6.45, 7) is 4.41. The van der Waals surface area contributed by atoms with E-state index in [1.165, 1.54) is 12.1 Å². The first-order valence-electron chi connectivity index (χ1n) is 10.3. The smallest absolute Gasteiger partial charge is 0.249 e. The van der Waals surface area contributed by atoms with Gasteiger partial charge in [0.25, 0.3) is 0 Å². The highest BCUT2D eigenvalue weighted by molar-refractivity contribution is 5.80. The number of nitrogens with one attached hydrogen (secondary N) is 1. The molecule has 0 saturated heterocycles. The van der Waals surface area contributed by atoms with E-state index in [0.29, 0.717) is 37.3 Å². The predicted octanol–water partition coefficient (Wildman–Crippen LogP) is 3.93. The summed E-state index contributed by atoms with van der Waals surface area (Å²) in [7, 11) is 1.60. The zero-order valence-electron chi connectivity index (χ0n) is 18.3. The van der Waals surface area contributed by atoms with Crippen molar-refractivity contribution in [3.8, 4) is 23.8 Å². The Bertz CT molecular complexity index is 874. The van der Waals surface area contributed by atoms with E-state index in [4.69, 9.17) is 20.6 Å². The van der Waals surface area contributed by atoms with Gasteiger partial charge in [-0.2, -0.15) is 0 Å². The molecular weight excluding hydrogens is 397 g/mol. The summed E-state index contributed by atoms with van der Waals surface area (Å²) < 4.78 is 29.7. The molecule has 166 valence electrons. The number of rotatable bonds is 12. The Morgan fingerprint density at radius 2 is 1.81 bits per heavy atom. The molecule has 5 nitrogen and oxygen atoms in total. The van der Waals surface area contributed by atoms with Crippen molar-refractivity contribution in [1.82, 2.24) is 5.32 Å². The van der Waals surface area contributed by atoms with E-state index in [9.17, 15) is 9.18 Å². The molecule has 0 aliphatic carbocycles. The maximum atomic E-state index is 13.1. The van der Waals surface area contributed by atoms with E-state index in [1.54, 1.807) is 19.2 Å². The van der Waals surface area contributed by atoms with Gasteiger partial charge in [0.15, 0.2) is 11.5 Å². The number of benzene rings is 2. The number of amides is 1. The number of carbonyl (C=O) groups is 1. The second-order valence-electron chi connectivity index (χ2n) is 7.36. The lowest BCUT2D eigenvalue weighted by Gasteiger charge is -2.17. The van der Waals surface area contributed by atoms with Crippen molar-refractivity contribution in [1.29, 1.82) is 0 Å². The molecule has 1 atom stereocenters. The number of methoxy groups -OCH3 is 1. The third-order valence-electron chi connectivity index (χ3n) is 4.57. The van der Waals surface area contributed by atoms with Crippen LogP contribution >= 0.6 is 0 Å². The summed E-state index contributed by atoms with van der Waals surface area (Å²) in [5.74, 6) is 3.23. The van der Waals surface area contributed by atoms with Gasteiger partial charge in [0.2, 0.25) is 5.91 Å². The van der Waals surface area contributed by atoms with Crippen LogP contribution in [0.2, 0.25) is 0 Å². The third-order valence-corrected chi connectivity index (χ3v) is 4.57. The minimum atomic E-state index is -0.669. The topological polar surface area (TPSA) is 56.8 Å². The van der Waals surface area contributed by atoms with Gasteiger partial charge in [0.05, 0.1) is 13.2 Å². The van der Waals surface area contributed by atoms with Gasteiger partial charge in [0, 0.05) is 6.54 Å². The first-order valence-corrected chi connectivity index (χ1v) is 10.3. The number of halogens is 1. The maximum Gasteiger partial charge on any atom is 0.249 e. The van der Waals surface area contributed by atoms with Gasteiger partial charge < -0.3 is 19.5 Å². The van der Waals surface area contributed by atoms with Crippen molar-refractivity contribution in [3.63, 3.8) is 0 Å². The van der Waals surface area contributed by atoms with Crippen LogP contribution in [0.5, 0.6) is 11.5 Å². The number of hydrogen-bond donors (Lipinski definition) is 1. The molecule has 31 heavy (non-hydrogen) atoms. The normalized spacial score (nSPS) is 11.6. The molecule has 0 aromatic heterocycles. The Balaban J connectivity index is 1.89. The summed E-state index contributed by atoms with van der Waals surface area (Å²) in [6.07, 6.45) is 6.32. The monoisotopic (exact) mass is 427 g/mol. The second-order valence-corrected chi connectivity index (χ2v) is 7.36. The number of aryl methyl sites for hydroxylation is 1. The van der Waals surface area contributed by atoms with Crippen LogP contribution in [-0.4, -0.2) is 38.4 Å². The summed E-state index contributed by atoms with van der Waals surface area (Å²) in [6, 6.07) is 11.9. The third kappa shape index (κ3) is 8.31. The average Bonchev–Trinajstić information content (AvgIpc) is 2.75. The highest BCUT2D eigenvalue weighted by Crippen LogP contribution is 2.29. The molecule has 6 heteroatoms. The van der Waals surface area contributed by atoms with Crippen LogP contribution in [0.15, 0.2) is 42.5 Å². The summed E-state index contributed by atoms with van der Waals surface area (Å²) in [5, 5.41) is 2.91. The fourth-order valence-electron chi connectivity index (χ4n) is 3.05. The molecule has 0 bridgehead atoms. The molecule has 1 amide bonds. The average molecular weight is 428 g/mol. The van der Waals surface area contributed by atoms with Crippen LogP contribution in [0.25, 0.3) is 0 Å². The standard InChI is InChI=1S/C25H30FNO4/c1-5-16-30-23(13-8-19-6-10-21(26)11-7-19)25(28)27-15-14-20-9-12-22(31-18(2)3)24(17-20)29-4/h1,6-7,9-12,17-18,23H,8,13-16H2,2-4H3,(H,27,28). The van der Waals surface area contributed by atoms with Crippen LogP contribution in [0.1, 0.15) is 31.4 Å². The van der Waals surface area contributed by atoms with Gasteiger partial charge in [-0.25, -0.2) is 4.39 Å². The van der Waals surface area contributed by atoms with Crippen LogP contribution in [0.3, 0.4) is 0 Å². The molecule has 0 saturated carbocycles. The number of hydrogen-bond acceptors (Lipinski definition) is 4. The highest BCUT2D eigenvalue weighted by atomic mass is 19.1. The number of ether oxygens (including phenoxy) is 3. The molecular formula is C25H30FNO4. The van der Waals surface area contributed by atoms with Gasteiger partial charge >= 0.3 is 0 Å². The second kappa shape index (κ2) is 12.6. The molecule has 2 aromatic rings. The molecule has 0 heterocycles. The SMILES string of the molecule is C#CCOC(CCc1ccc(F)cc1)C(=O)NCCc1ccc(OC(C)C)c(OC)c1. The van der Waals surface area contributed by atoms with Gasteiger partial charge in [-0.15, -0.1) is 6.42 Å². The number of terminal acetylenes is 1. The van der Waals surface area contributed by atoms with Gasteiger partial charge in [0.1, 0.15) is 18.5 Å². The van der Waals surface area contributed by atoms with E-state index in [-0.39, 0.29) is 24.4 Å². The molecule has 1 unspecified atom stereocenters. The molecule has 0 spiro atoms. The van der Waals surface area contributed by atoms with Gasteiger partial charge in [-0.1, -0.05) is 24.1 Å². The van der Waals surface area contributed by atoms with Crippen LogP contribution in [0.4, 0.5) is 4.39 Å². The zero-order valence-corrected chi connectivity index (χ0v) is 18.3. The summed E-state index contributed by atoms with van der Waals surface area (Å²) >= 11 is 0. The van der Waals surface area contributed by atoms with Crippen molar-refractivity contribution in [2.45, 2.75) is 45.3 Å². The van der Waals surface area contributed by atoms with Crippen molar-refractivity contribution >= 4 is 5.91 Å². The Morgan fingerprint density at radius 1 is 1.10 bits per heavy atom. The molecule has 0 fully saturated rings. The Labute approximate surface area is 183 Å². The minimum Gasteiger partial charge on any atom is -0.493 e. The van der Waals surface area contributed by atoms with Gasteiger partial charge in [-0.3, -0.25) is 4.79 Å².